The first kappa shape index (κ1) is 17.4. The van der Waals surface area contributed by atoms with Crippen molar-refractivity contribution < 1.29 is 13.2 Å². The van der Waals surface area contributed by atoms with Gasteiger partial charge in [0.05, 0.1) is 4.90 Å². The predicted octanol–water partition coefficient (Wildman–Crippen LogP) is 2.49. The van der Waals surface area contributed by atoms with Crippen LogP contribution in [0.1, 0.15) is 43.0 Å². The van der Waals surface area contributed by atoms with Crippen molar-refractivity contribution in [2.24, 2.45) is 17.8 Å². The minimum atomic E-state index is -3.53. The van der Waals surface area contributed by atoms with Gasteiger partial charge in [-0.25, -0.2) is 12.7 Å². The maximum Gasteiger partial charge on any atom is 0.251 e. The molecule has 1 amide bonds. The summed E-state index contributed by atoms with van der Waals surface area (Å²) in [6.45, 7) is 2.07. The zero-order valence-electron chi connectivity index (χ0n) is 14.5. The van der Waals surface area contributed by atoms with Crippen molar-refractivity contribution >= 4 is 15.9 Å². The first-order chi connectivity index (χ1) is 11.3. The largest absolute Gasteiger partial charge is 0.349 e. The molecular weight excluding hydrogens is 324 g/mol. The fraction of sp³-hybridized carbons (Fsp3) is 0.611. The van der Waals surface area contributed by atoms with Gasteiger partial charge in [0.2, 0.25) is 10.0 Å². The zero-order valence-corrected chi connectivity index (χ0v) is 15.3. The second-order valence-electron chi connectivity index (χ2n) is 7.42. The highest BCUT2D eigenvalue weighted by atomic mass is 32.2. The number of hydrogen-bond acceptors (Lipinski definition) is 3. The molecule has 24 heavy (non-hydrogen) atoms. The van der Waals surface area contributed by atoms with E-state index < -0.39 is 10.0 Å². The van der Waals surface area contributed by atoms with E-state index in [0.29, 0.717) is 11.5 Å². The molecule has 0 aromatic heterocycles. The maximum atomic E-state index is 12.5. The second-order valence-corrected chi connectivity index (χ2v) is 9.57. The molecule has 2 aliphatic carbocycles. The molecule has 0 spiro atoms. The van der Waals surface area contributed by atoms with Crippen LogP contribution in [-0.2, 0) is 10.0 Å². The molecule has 5 nitrogen and oxygen atoms in total. The smallest absolute Gasteiger partial charge is 0.251 e. The number of fused-ring (bicyclic) bond motifs is 2. The lowest BCUT2D eigenvalue weighted by atomic mass is 9.84. The summed E-state index contributed by atoms with van der Waals surface area (Å²) < 4.78 is 25.6. The van der Waals surface area contributed by atoms with Crippen LogP contribution >= 0.6 is 0 Å². The minimum absolute atomic E-state index is 0.127. The second kappa shape index (κ2) is 6.48. The van der Waals surface area contributed by atoms with Gasteiger partial charge in [0.15, 0.2) is 0 Å². The number of rotatable bonds is 5. The zero-order chi connectivity index (χ0) is 17.5. The summed E-state index contributed by atoms with van der Waals surface area (Å²) in [4.78, 5) is 12.7. The Morgan fingerprint density at radius 2 is 2.00 bits per heavy atom. The number of amides is 1. The van der Waals surface area contributed by atoms with E-state index in [0.717, 1.165) is 16.1 Å². The van der Waals surface area contributed by atoms with E-state index in [1.807, 2.05) is 0 Å². The molecule has 3 rings (SSSR count). The van der Waals surface area contributed by atoms with Gasteiger partial charge in [-0.15, -0.1) is 0 Å². The van der Waals surface area contributed by atoms with Crippen LogP contribution < -0.4 is 5.32 Å². The summed E-state index contributed by atoms with van der Waals surface area (Å²) in [7, 11) is -0.560. The minimum Gasteiger partial charge on any atom is -0.349 e. The molecule has 0 unspecified atom stereocenters. The molecule has 1 aromatic carbocycles. The van der Waals surface area contributed by atoms with Crippen LogP contribution in [0.15, 0.2) is 29.2 Å². The molecular formula is C18H26N2O3S. The molecule has 6 heteroatoms. The van der Waals surface area contributed by atoms with Crippen LogP contribution in [0, 0.1) is 17.8 Å². The average Bonchev–Trinajstić information content (AvgIpc) is 3.17. The van der Waals surface area contributed by atoms with Crippen molar-refractivity contribution in [2.75, 3.05) is 14.1 Å². The molecule has 0 saturated heterocycles. The van der Waals surface area contributed by atoms with Crippen LogP contribution in [0.4, 0.5) is 0 Å². The quantitative estimate of drug-likeness (QED) is 0.887. The number of carbonyl (C=O) groups excluding carboxylic acids is 1. The third-order valence-electron chi connectivity index (χ3n) is 5.67. The van der Waals surface area contributed by atoms with Gasteiger partial charge in [-0.3, -0.25) is 4.79 Å². The fourth-order valence-corrected chi connectivity index (χ4v) is 5.26. The molecule has 2 bridgehead atoms. The highest BCUT2D eigenvalue weighted by molar-refractivity contribution is 7.89. The van der Waals surface area contributed by atoms with E-state index >= 15 is 0 Å². The van der Waals surface area contributed by atoms with Crippen LogP contribution in [-0.4, -0.2) is 38.8 Å². The van der Waals surface area contributed by atoms with Gasteiger partial charge in [0, 0.05) is 25.7 Å². The molecule has 1 aromatic rings. The number of nitrogens with zero attached hydrogens (tertiary/aromatic N) is 1. The van der Waals surface area contributed by atoms with Gasteiger partial charge in [0.25, 0.3) is 5.91 Å². The van der Waals surface area contributed by atoms with Crippen molar-refractivity contribution in [3.63, 3.8) is 0 Å². The summed E-state index contributed by atoms with van der Waals surface area (Å²) in [5.74, 6) is 1.95. The van der Waals surface area contributed by atoms with E-state index in [4.69, 9.17) is 0 Å². The molecule has 2 aliphatic rings. The van der Waals surface area contributed by atoms with Crippen molar-refractivity contribution in [3.8, 4) is 0 Å². The first-order valence-corrected chi connectivity index (χ1v) is 10.1. The lowest BCUT2D eigenvalue weighted by Crippen LogP contribution is -2.40. The normalized spacial score (nSPS) is 27.4. The van der Waals surface area contributed by atoms with Crippen molar-refractivity contribution in [3.05, 3.63) is 29.8 Å². The first-order valence-electron chi connectivity index (χ1n) is 8.62. The van der Waals surface area contributed by atoms with Crippen LogP contribution in [0.2, 0.25) is 0 Å². The number of benzene rings is 1. The Hall–Kier alpha value is -1.40. The average molecular weight is 350 g/mol. The third kappa shape index (κ3) is 3.22. The Kier molecular flexibility index (Phi) is 4.71. The summed E-state index contributed by atoms with van der Waals surface area (Å²) in [5, 5.41) is 3.08. The lowest BCUT2D eigenvalue weighted by molar-refractivity contribution is 0.0915. The third-order valence-corrected chi connectivity index (χ3v) is 7.48. The van der Waals surface area contributed by atoms with Gasteiger partial charge >= 0.3 is 0 Å². The molecule has 2 fully saturated rings. The Balaban J connectivity index is 1.71. The highest BCUT2D eigenvalue weighted by Crippen LogP contribution is 2.49. The van der Waals surface area contributed by atoms with Crippen molar-refractivity contribution in [1.82, 2.24) is 9.62 Å². The molecule has 0 radical (unpaired) electrons. The van der Waals surface area contributed by atoms with Crippen molar-refractivity contribution in [2.45, 2.75) is 43.5 Å². The van der Waals surface area contributed by atoms with Crippen LogP contribution in [0.25, 0.3) is 0 Å². The molecule has 1 N–H and O–H groups in total. The van der Waals surface area contributed by atoms with E-state index in [-0.39, 0.29) is 16.8 Å². The number of hydrogen-bond donors (Lipinski definition) is 1. The molecule has 4 atom stereocenters. The van der Waals surface area contributed by atoms with Gasteiger partial charge in [0.1, 0.15) is 0 Å². The summed E-state index contributed by atoms with van der Waals surface area (Å²) in [6.07, 6.45) is 5.14. The fourth-order valence-electron chi connectivity index (χ4n) is 4.31. The van der Waals surface area contributed by atoms with Crippen LogP contribution in [0.5, 0.6) is 0 Å². The number of carbonyl (C=O) groups is 1. The molecule has 0 heterocycles. The Morgan fingerprint density at radius 3 is 2.58 bits per heavy atom. The number of sulfonamides is 1. The molecule has 0 aliphatic heterocycles. The van der Waals surface area contributed by atoms with Crippen LogP contribution in [0.3, 0.4) is 0 Å². The molecule has 132 valence electrons. The van der Waals surface area contributed by atoms with E-state index in [1.54, 1.807) is 12.1 Å². The Morgan fingerprint density at radius 1 is 1.25 bits per heavy atom. The Bertz CT molecular complexity index is 730. The lowest BCUT2D eigenvalue weighted by Gasteiger charge is -2.28. The van der Waals surface area contributed by atoms with E-state index in [2.05, 4.69) is 12.2 Å². The van der Waals surface area contributed by atoms with Gasteiger partial charge < -0.3 is 5.32 Å². The van der Waals surface area contributed by atoms with Gasteiger partial charge in [-0.1, -0.05) is 12.5 Å². The van der Waals surface area contributed by atoms with Gasteiger partial charge in [-0.05, 0) is 62.1 Å². The van der Waals surface area contributed by atoms with E-state index in [1.165, 1.54) is 51.9 Å². The van der Waals surface area contributed by atoms with Gasteiger partial charge in [-0.2, -0.15) is 0 Å². The molecule has 2 saturated carbocycles. The monoisotopic (exact) mass is 350 g/mol. The summed E-state index contributed by atoms with van der Waals surface area (Å²) in [5.41, 5.74) is 0.396. The topological polar surface area (TPSA) is 66.5 Å². The maximum absolute atomic E-state index is 12.5. The highest BCUT2D eigenvalue weighted by Gasteiger charge is 2.42. The SMILES string of the molecule is C[C@H](NC(=O)c1cccc(S(=O)(=O)N(C)C)c1)[C@H]1C[C@H]2CC[C@H]1C2. The van der Waals surface area contributed by atoms with Crippen molar-refractivity contribution in [1.29, 1.82) is 0 Å². The van der Waals surface area contributed by atoms with E-state index in [9.17, 15) is 13.2 Å². The number of nitrogens with one attached hydrogen (secondary N) is 1. The summed E-state index contributed by atoms with van der Waals surface area (Å²) >= 11 is 0. The Labute approximate surface area is 144 Å². The standard InChI is InChI=1S/C18H26N2O3S/c1-12(17-10-13-7-8-14(17)9-13)19-18(21)15-5-4-6-16(11-15)24(22,23)20(2)3/h4-6,11-14,17H,7-10H2,1-3H3,(H,19,21)/t12-,13-,14-,17+/m0/s1. The summed E-state index contributed by atoms with van der Waals surface area (Å²) in [6, 6.07) is 6.39. The predicted molar refractivity (Wildman–Crippen MR) is 93.2 cm³/mol.